The van der Waals surface area contributed by atoms with Crippen LogP contribution in [-0.2, 0) is 14.7 Å². The van der Waals surface area contributed by atoms with Gasteiger partial charge in [-0.3, -0.25) is 0 Å². The van der Waals surface area contributed by atoms with Gasteiger partial charge < -0.3 is 9.25 Å². The summed E-state index contributed by atoms with van der Waals surface area (Å²) in [4.78, 5) is 7.97. The molecule has 1 aromatic heterocycles. The van der Waals surface area contributed by atoms with E-state index < -0.39 is 39.1 Å². The Kier molecular flexibility index (Phi) is 5.31. The third-order valence-electron chi connectivity index (χ3n) is 2.13. The third kappa shape index (κ3) is 4.08. The first-order valence-corrected chi connectivity index (χ1v) is 6.89. The molecule has 6 nitrogen and oxygen atoms in total. The van der Waals surface area contributed by atoms with E-state index in [4.69, 9.17) is 4.42 Å². The first-order valence-electron chi connectivity index (χ1n) is 5.24. The van der Waals surface area contributed by atoms with Gasteiger partial charge in [-0.25, -0.2) is 17.8 Å². The standard InChI is InChI=1S/C10H11F3N2O4S/c1-6(15-18-2)8-5-14-10(19-8)20(16,17)4-3-7(11)9(12)13/h5H,3-4H2,1-2H3/b15-6+. The van der Waals surface area contributed by atoms with Crippen LogP contribution in [0.5, 0.6) is 0 Å². The van der Waals surface area contributed by atoms with Crippen molar-refractivity contribution in [2.45, 2.75) is 18.6 Å². The zero-order valence-corrected chi connectivity index (χ0v) is 11.4. The molecule has 0 fully saturated rings. The minimum absolute atomic E-state index is 0.0399. The molecule has 10 heteroatoms. The summed E-state index contributed by atoms with van der Waals surface area (Å²) in [6, 6.07) is 0. The first kappa shape index (κ1) is 16.2. The molecule has 0 aliphatic rings. The van der Waals surface area contributed by atoms with Crippen LogP contribution in [0.15, 0.2) is 32.9 Å². The molecule has 20 heavy (non-hydrogen) atoms. The number of rotatable bonds is 6. The molecule has 1 aromatic rings. The van der Waals surface area contributed by atoms with E-state index in [1.807, 2.05) is 0 Å². The van der Waals surface area contributed by atoms with Crippen LogP contribution in [0.2, 0.25) is 0 Å². The molecule has 0 saturated carbocycles. The maximum Gasteiger partial charge on any atom is 0.315 e. The van der Waals surface area contributed by atoms with Crippen molar-refractivity contribution in [2.24, 2.45) is 5.16 Å². The van der Waals surface area contributed by atoms with E-state index in [2.05, 4.69) is 15.0 Å². The summed E-state index contributed by atoms with van der Waals surface area (Å²) in [6.07, 6.45) is -2.41. The number of sulfone groups is 1. The third-order valence-corrected chi connectivity index (χ3v) is 3.59. The summed E-state index contributed by atoms with van der Waals surface area (Å²) >= 11 is 0. The minimum Gasteiger partial charge on any atom is -0.427 e. The highest BCUT2D eigenvalue weighted by atomic mass is 32.2. The second kappa shape index (κ2) is 6.55. The minimum atomic E-state index is -4.10. The molecule has 0 unspecified atom stereocenters. The zero-order valence-electron chi connectivity index (χ0n) is 10.6. The molecule has 1 rings (SSSR count). The Morgan fingerprint density at radius 2 is 2.10 bits per heavy atom. The van der Waals surface area contributed by atoms with Gasteiger partial charge in [-0.2, -0.15) is 8.78 Å². The largest absolute Gasteiger partial charge is 0.427 e. The van der Waals surface area contributed by atoms with E-state index in [0.29, 0.717) is 0 Å². The highest BCUT2D eigenvalue weighted by Gasteiger charge is 2.23. The average Bonchev–Trinajstić information content (AvgIpc) is 2.86. The Balaban J connectivity index is 2.89. The predicted molar refractivity (Wildman–Crippen MR) is 62.7 cm³/mol. The highest BCUT2D eigenvalue weighted by Crippen LogP contribution is 2.18. The molecule has 0 aliphatic heterocycles. The van der Waals surface area contributed by atoms with E-state index in [1.165, 1.54) is 14.0 Å². The molecule has 112 valence electrons. The van der Waals surface area contributed by atoms with E-state index in [-0.39, 0.29) is 11.5 Å². The van der Waals surface area contributed by atoms with Crippen molar-refractivity contribution in [2.75, 3.05) is 12.9 Å². The van der Waals surface area contributed by atoms with Gasteiger partial charge in [0.2, 0.25) is 9.84 Å². The second-order valence-electron chi connectivity index (χ2n) is 3.58. The average molecular weight is 312 g/mol. The second-order valence-corrected chi connectivity index (χ2v) is 5.57. The van der Waals surface area contributed by atoms with Crippen molar-refractivity contribution in [3.8, 4) is 0 Å². The molecule has 0 bridgehead atoms. The van der Waals surface area contributed by atoms with Gasteiger partial charge in [0.15, 0.2) is 11.6 Å². The quantitative estimate of drug-likeness (QED) is 0.594. The Labute approximate surface area is 112 Å². The van der Waals surface area contributed by atoms with E-state index in [0.717, 1.165) is 6.20 Å². The topological polar surface area (TPSA) is 81.8 Å². The summed E-state index contributed by atoms with van der Waals surface area (Å²) in [7, 11) is -2.81. The molecular formula is C10H11F3N2O4S. The summed E-state index contributed by atoms with van der Waals surface area (Å²) in [5, 5.41) is 2.82. The van der Waals surface area contributed by atoms with Crippen LogP contribution in [0.25, 0.3) is 0 Å². The summed E-state index contributed by atoms with van der Waals surface area (Å²) < 4.78 is 64.6. The first-order chi connectivity index (χ1) is 9.27. The van der Waals surface area contributed by atoms with Gasteiger partial charge in [0.1, 0.15) is 12.8 Å². The van der Waals surface area contributed by atoms with Gasteiger partial charge in [0, 0.05) is 6.42 Å². The number of oxazole rings is 1. The lowest BCUT2D eigenvalue weighted by Gasteiger charge is -1.98. The number of hydrogen-bond acceptors (Lipinski definition) is 6. The maximum atomic E-state index is 12.6. The Morgan fingerprint density at radius 1 is 1.45 bits per heavy atom. The van der Waals surface area contributed by atoms with Crippen LogP contribution < -0.4 is 0 Å². The van der Waals surface area contributed by atoms with Gasteiger partial charge in [-0.15, -0.1) is 0 Å². The Morgan fingerprint density at radius 3 is 2.65 bits per heavy atom. The van der Waals surface area contributed by atoms with Gasteiger partial charge in [-0.05, 0) is 6.92 Å². The molecule has 0 radical (unpaired) electrons. The molecular weight excluding hydrogens is 301 g/mol. The van der Waals surface area contributed by atoms with Crippen LogP contribution in [0, 0.1) is 0 Å². The fourth-order valence-corrected chi connectivity index (χ4v) is 2.21. The summed E-state index contributed by atoms with van der Waals surface area (Å²) in [6.45, 7) is 1.49. The van der Waals surface area contributed by atoms with Crippen molar-refractivity contribution < 1.29 is 30.8 Å². The number of nitrogens with zero attached hydrogens (tertiary/aromatic N) is 2. The van der Waals surface area contributed by atoms with E-state index in [1.54, 1.807) is 0 Å². The van der Waals surface area contributed by atoms with Crippen molar-refractivity contribution in [3.05, 3.63) is 23.9 Å². The van der Waals surface area contributed by atoms with Crippen LogP contribution in [0.3, 0.4) is 0 Å². The molecule has 0 N–H and O–H groups in total. The predicted octanol–water partition coefficient (Wildman–Crippen LogP) is 2.29. The molecule has 0 saturated heterocycles. The van der Waals surface area contributed by atoms with E-state index in [9.17, 15) is 21.6 Å². The summed E-state index contributed by atoms with van der Waals surface area (Å²) in [5.41, 5.74) is 0.238. The summed E-state index contributed by atoms with van der Waals surface area (Å²) in [5.74, 6) is -2.62. The normalized spacial score (nSPS) is 12.3. The van der Waals surface area contributed by atoms with Crippen molar-refractivity contribution >= 4 is 15.5 Å². The monoisotopic (exact) mass is 312 g/mol. The number of halogens is 3. The fourth-order valence-electron chi connectivity index (χ4n) is 1.16. The SMILES string of the molecule is CO/N=C(\C)c1cnc(S(=O)(=O)CCC(F)=C(F)F)o1. The number of hydrogen-bond donors (Lipinski definition) is 0. The Hall–Kier alpha value is -1.84. The zero-order chi connectivity index (χ0) is 15.3. The molecule has 0 amide bonds. The van der Waals surface area contributed by atoms with Gasteiger partial charge in [0.05, 0.1) is 11.9 Å². The smallest absolute Gasteiger partial charge is 0.315 e. The molecule has 0 aromatic carbocycles. The van der Waals surface area contributed by atoms with Gasteiger partial charge in [0.25, 0.3) is 0 Å². The van der Waals surface area contributed by atoms with Crippen molar-refractivity contribution in [1.29, 1.82) is 0 Å². The van der Waals surface area contributed by atoms with Crippen LogP contribution in [0.1, 0.15) is 19.1 Å². The molecule has 0 spiro atoms. The Bertz CT molecular complexity index is 633. The van der Waals surface area contributed by atoms with Crippen LogP contribution in [-0.4, -0.2) is 32.0 Å². The lowest BCUT2D eigenvalue weighted by Crippen LogP contribution is -2.07. The van der Waals surface area contributed by atoms with Gasteiger partial charge >= 0.3 is 11.3 Å². The number of allylic oxidation sites excluding steroid dienone is 1. The highest BCUT2D eigenvalue weighted by molar-refractivity contribution is 7.91. The molecule has 0 aliphatic carbocycles. The van der Waals surface area contributed by atoms with Crippen LogP contribution >= 0.6 is 0 Å². The molecule has 1 heterocycles. The fraction of sp³-hybridized carbons (Fsp3) is 0.400. The number of oxime groups is 1. The van der Waals surface area contributed by atoms with Gasteiger partial charge in [-0.1, -0.05) is 5.16 Å². The lowest BCUT2D eigenvalue weighted by molar-refractivity contribution is 0.212. The van der Waals surface area contributed by atoms with Crippen molar-refractivity contribution in [3.63, 3.8) is 0 Å². The van der Waals surface area contributed by atoms with Crippen molar-refractivity contribution in [1.82, 2.24) is 4.98 Å². The van der Waals surface area contributed by atoms with Crippen LogP contribution in [0.4, 0.5) is 13.2 Å². The van der Waals surface area contributed by atoms with E-state index >= 15 is 0 Å². The maximum absolute atomic E-state index is 12.6. The number of aromatic nitrogens is 1. The molecule has 0 atom stereocenters. The lowest BCUT2D eigenvalue weighted by atomic mass is 10.4.